The van der Waals surface area contributed by atoms with Gasteiger partial charge in [-0.15, -0.1) is 0 Å². The van der Waals surface area contributed by atoms with Crippen molar-refractivity contribution in [2.45, 2.75) is 5.75 Å². The van der Waals surface area contributed by atoms with E-state index in [-0.39, 0.29) is 5.56 Å². The average Bonchev–Trinajstić information content (AvgIpc) is 2.09. The van der Waals surface area contributed by atoms with Gasteiger partial charge in [-0.3, -0.25) is 0 Å². The maximum Gasteiger partial charge on any atom is 0.236 e. The number of methoxy groups -OCH3 is 1. The lowest BCUT2D eigenvalue weighted by molar-refractivity contribution is 0.350. The second kappa shape index (κ2) is 4.24. The lowest BCUT2D eigenvalue weighted by atomic mass is 10.2. The summed E-state index contributed by atoms with van der Waals surface area (Å²) in [5, 5.41) is 9.17. The van der Waals surface area contributed by atoms with E-state index in [1.54, 1.807) is 0 Å². The molecule has 0 aliphatic heterocycles. The summed E-state index contributed by atoms with van der Waals surface area (Å²) in [6.45, 7) is 0. The lowest BCUT2D eigenvalue weighted by Crippen LogP contribution is -2.00. The van der Waals surface area contributed by atoms with Crippen LogP contribution in [0.15, 0.2) is 12.1 Å². The molecule has 1 N–H and O–H groups in total. The molecule has 1 aromatic rings. The van der Waals surface area contributed by atoms with Gasteiger partial charge < -0.3 is 9.84 Å². The van der Waals surface area contributed by atoms with E-state index >= 15 is 0 Å². The maximum atomic E-state index is 13.5. The fraction of sp³-hybridized carbons (Fsp3) is 0.250. The summed E-state index contributed by atoms with van der Waals surface area (Å²) in [4.78, 5) is 0. The van der Waals surface area contributed by atoms with Gasteiger partial charge in [0.05, 0.1) is 12.9 Å². The minimum Gasteiger partial charge on any atom is -0.504 e. The van der Waals surface area contributed by atoms with Gasteiger partial charge in [0, 0.05) is 16.2 Å². The number of halogens is 2. The van der Waals surface area contributed by atoms with Crippen LogP contribution in [0.25, 0.3) is 0 Å². The van der Waals surface area contributed by atoms with Crippen molar-refractivity contribution in [2.24, 2.45) is 0 Å². The van der Waals surface area contributed by atoms with Crippen LogP contribution < -0.4 is 4.74 Å². The predicted molar refractivity (Wildman–Crippen MR) is 53.1 cm³/mol. The molecule has 0 aliphatic rings. The van der Waals surface area contributed by atoms with Crippen molar-refractivity contribution in [3.8, 4) is 11.5 Å². The Hall–Kier alpha value is -1.01. The molecule has 7 heteroatoms. The molecule has 0 amide bonds. The predicted octanol–water partition coefficient (Wildman–Crippen LogP) is 1.61. The van der Waals surface area contributed by atoms with Gasteiger partial charge in [-0.05, 0) is 6.07 Å². The topological polar surface area (TPSA) is 63.6 Å². The van der Waals surface area contributed by atoms with Crippen LogP contribution in [0, 0.1) is 5.82 Å². The first-order valence-corrected chi connectivity index (χ1v) is 6.29. The first-order valence-electron chi connectivity index (χ1n) is 3.82. The van der Waals surface area contributed by atoms with Gasteiger partial charge in [0.15, 0.2) is 17.3 Å². The number of hydrogen-bond donors (Lipinski definition) is 1. The van der Waals surface area contributed by atoms with Gasteiger partial charge in [0.1, 0.15) is 0 Å². The van der Waals surface area contributed by atoms with Gasteiger partial charge in [-0.1, -0.05) is 6.07 Å². The van der Waals surface area contributed by atoms with Crippen LogP contribution in [-0.2, 0) is 14.8 Å². The monoisotopic (exact) mass is 254 g/mol. The molecular weight excluding hydrogens is 247 g/mol. The summed E-state index contributed by atoms with van der Waals surface area (Å²) in [6, 6.07) is 2.27. The average molecular weight is 255 g/mol. The molecule has 0 saturated carbocycles. The van der Waals surface area contributed by atoms with E-state index < -0.39 is 32.1 Å². The normalized spacial score (nSPS) is 11.4. The number of phenolic OH excluding ortho intramolecular Hbond substituents is 1. The van der Waals surface area contributed by atoms with E-state index in [1.807, 2.05) is 0 Å². The summed E-state index contributed by atoms with van der Waals surface area (Å²) >= 11 is 0. The van der Waals surface area contributed by atoms with E-state index in [4.69, 9.17) is 15.8 Å². The molecular formula is C8H8ClFO4S. The molecule has 0 fully saturated rings. The van der Waals surface area contributed by atoms with Crippen molar-refractivity contribution >= 4 is 19.7 Å². The molecule has 0 aromatic heterocycles. The molecule has 4 nitrogen and oxygen atoms in total. The molecule has 0 spiro atoms. The summed E-state index contributed by atoms with van der Waals surface area (Å²) in [7, 11) is 2.30. The summed E-state index contributed by atoms with van der Waals surface area (Å²) in [5.41, 5.74) is -0.153. The Balaban J connectivity index is 3.22. The lowest BCUT2D eigenvalue weighted by Gasteiger charge is -2.07. The fourth-order valence-electron chi connectivity index (χ4n) is 1.08. The van der Waals surface area contributed by atoms with Crippen LogP contribution in [0.3, 0.4) is 0 Å². The third-order valence-electron chi connectivity index (χ3n) is 1.69. The van der Waals surface area contributed by atoms with Gasteiger partial charge in [0.25, 0.3) is 0 Å². The van der Waals surface area contributed by atoms with Crippen LogP contribution in [0.5, 0.6) is 11.5 Å². The van der Waals surface area contributed by atoms with E-state index in [1.165, 1.54) is 0 Å². The Morgan fingerprint density at radius 3 is 2.60 bits per heavy atom. The maximum absolute atomic E-state index is 13.5. The summed E-state index contributed by atoms with van der Waals surface area (Å²) in [5.74, 6) is -2.38. The molecule has 15 heavy (non-hydrogen) atoms. The highest BCUT2D eigenvalue weighted by Gasteiger charge is 2.17. The highest BCUT2D eigenvalue weighted by molar-refractivity contribution is 8.13. The van der Waals surface area contributed by atoms with Crippen LogP contribution in [0.2, 0.25) is 0 Å². The van der Waals surface area contributed by atoms with E-state index in [0.717, 1.165) is 19.2 Å². The van der Waals surface area contributed by atoms with E-state index in [9.17, 15) is 12.8 Å². The Morgan fingerprint density at radius 1 is 1.53 bits per heavy atom. The van der Waals surface area contributed by atoms with Crippen molar-refractivity contribution < 1.29 is 22.7 Å². The number of rotatable bonds is 3. The number of ether oxygens (including phenoxy) is 1. The van der Waals surface area contributed by atoms with E-state index in [2.05, 4.69) is 4.74 Å². The van der Waals surface area contributed by atoms with Crippen LogP contribution in [0.1, 0.15) is 5.56 Å². The van der Waals surface area contributed by atoms with Gasteiger partial charge >= 0.3 is 0 Å². The molecule has 0 unspecified atom stereocenters. The second-order valence-corrected chi connectivity index (χ2v) is 5.55. The molecule has 1 rings (SSSR count). The SMILES string of the molecule is COc1c(O)ccc(CS(=O)(=O)Cl)c1F. The van der Waals surface area contributed by atoms with Crippen LogP contribution >= 0.6 is 10.7 Å². The molecule has 0 saturated heterocycles. The molecule has 84 valence electrons. The van der Waals surface area contributed by atoms with Crippen molar-refractivity contribution in [3.05, 3.63) is 23.5 Å². The molecule has 0 aliphatic carbocycles. The molecule has 1 aromatic carbocycles. The number of benzene rings is 1. The Morgan fingerprint density at radius 2 is 2.13 bits per heavy atom. The Bertz CT molecular complexity index is 472. The molecule has 0 atom stereocenters. The largest absolute Gasteiger partial charge is 0.504 e. The first kappa shape index (κ1) is 12.1. The Kier molecular flexibility index (Phi) is 3.41. The molecule has 0 bridgehead atoms. The quantitative estimate of drug-likeness (QED) is 0.833. The van der Waals surface area contributed by atoms with Gasteiger partial charge in [-0.25, -0.2) is 12.8 Å². The van der Waals surface area contributed by atoms with Gasteiger partial charge in [0.2, 0.25) is 9.05 Å². The summed E-state index contributed by atoms with van der Waals surface area (Å²) in [6.07, 6.45) is 0. The van der Waals surface area contributed by atoms with Crippen molar-refractivity contribution in [1.29, 1.82) is 0 Å². The second-order valence-electron chi connectivity index (χ2n) is 2.77. The number of aromatic hydroxyl groups is 1. The minimum atomic E-state index is -3.84. The van der Waals surface area contributed by atoms with Crippen LogP contribution in [-0.4, -0.2) is 20.6 Å². The smallest absolute Gasteiger partial charge is 0.236 e. The number of hydrogen-bond acceptors (Lipinski definition) is 4. The third kappa shape index (κ3) is 2.97. The molecule has 0 heterocycles. The number of phenols is 1. The minimum absolute atomic E-state index is 0.153. The van der Waals surface area contributed by atoms with Crippen molar-refractivity contribution in [1.82, 2.24) is 0 Å². The van der Waals surface area contributed by atoms with Crippen molar-refractivity contribution in [2.75, 3.05) is 7.11 Å². The fourth-order valence-corrected chi connectivity index (χ4v) is 2.03. The standard InChI is InChI=1S/C8H8ClFO4S/c1-14-8-6(11)3-2-5(7(8)10)4-15(9,12)13/h2-3,11H,4H2,1H3. The zero-order valence-corrected chi connectivity index (χ0v) is 9.27. The zero-order chi connectivity index (χ0) is 11.6. The third-order valence-corrected chi connectivity index (χ3v) is 2.67. The Labute approximate surface area is 90.7 Å². The van der Waals surface area contributed by atoms with Crippen molar-refractivity contribution in [3.63, 3.8) is 0 Å². The zero-order valence-electron chi connectivity index (χ0n) is 7.70. The highest BCUT2D eigenvalue weighted by Crippen LogP contribution is 2.31. The van der Waals surface area contributed by atoms with E-state index in [0.29, 0.717) is 0 Å². The highest BCUT2D eigenvalue weighted by atomic mass is 35.7. The molecule has 0 radical (unpaired) electrons. The van der Waals surface area contributed by atoms with Crippen LogP contribution in [0.4, 0.5) is 4.39 Å². The first-order chi connectivity index (χ1) is 6.85. The van der Waals surface area contributed by atoms with Gasteiger partial charge in [-0.2, -0.15) is 0 Å². The summed E-state index contributed by atoms with van der Waals surface area (Å²) < 4.78 is 39.5.